The molecule has 1 fully saturated rings. The van der Waals surface area contributed by atoms with Crippen molar-refractivity contribution in [2.45, 2.75) is 30.3 Å². The maximum absolute atomic E-state index is 12.2. The smallest absolute Gasteiger partial charge is 0.191 e. The van der Waals surface area contributed by atoms with Crippen molar-refractivity contribution in [3.63, 3.8) is 0 Å². The van der Waals surface area contributed by atoms with Crippen LogP contribution in [0.25, 0.3) is 0 Å². The SMILES string of the molecule is CN=C(NCCCS(=O)(=O)c1ccccc1)NCC1CCCO1.I. The van der Waals surface area contributed by atoms with Crippen LogP contribution in [0.2, 0.25) is 0 Å². The van der Waals surface area contributed by atoms with E-state index in [1.165, 1.54) is 0 Å². The average molecular weight is 467 g/mol. The number of rotatable bonds is 7. The fourth-order valence-corrected chi connectivity index (χ4v) is 3.78. The second kappa shape index (κ2) is 10.9. The van der Waals surface area contributed by atoms with Gasteiger partial charge in [0.1, 0.15) is 0 Å². The molecule has 0 aromatic heterocycles. The van der Waals surface area contributed by atoms with Crippen molar-refractivity contribution in [2.75, 3.05) is 32.5 Å². The van der Waals surface area contributed by atoms with Gasteiger partial charge < -0.3 is 15.4 Å². The Morgan fingerprint density at radius 3 is 2.67 bits per heavy atom. The number of hydrogen-bond donors (Lipinski definition) is 2. The van der Waals surface area contributed by atoms with Gasteiger partial charge in [0.05, 0.1) is 16.8 Å². The van der Waals surface area contributed by atoms with Crippen molar-refractivity contribution in [1.29, 1.82) is 0 Å². The molecule has 0 spiro atoms. The van der Waals surface area contributed by atoms with Gasteiger partial charge in [0.25, 0.3) is 0 Å². The van der Waals surface area contributed by atoms with Crippen LogP contribution in [0.3, 0.4) is 0 Å². The maximum Gasteiger partial charge on any atom is 0.191 e. The van der Waals surface area contributed by atoms with E-state index in [0.717, 1.165) is 26.0 Å². The Morgan fingerprint density at radius 1 is 1.29 bits per heavy atom. The second-order valence-corrected chi connectivity index (χ2v) is 7.61. The van der Waals surface area contributed by atoms with E-state index < -0.39 is 9.84 Å². The molecule has 0 aliphatic carbocycles. The van der Waals surface area contributed by atoms with Crippen LogP contribution >= 0.6 is 24.0 Å². The molecule has 1 unspecified atom stereocenters. The van der Waals surface area contributed by atoms with Crippen LogP contribution in [0.5, 0.6) is 0 Å². The standard InChI is InChI=1S/C16H25N3O3S.HI/c1-17-16(19-13-14-7-5-11-22-14)18-10-6-12-23(20,21)15-8-3-2-4-9-15;/h2-4,8-9,14H,5-7,10-13H2,1H3,(H2,17,18,19);1H. The van der Waals surface area contributed by atoms with Gasteiger partial charge in [-0.1, -0.05) is 18.2 Å². The molecular formula is C16H26IN3O3S. The van der Waals surface area contributed by atoms with E-state index in [1.807, 2.05) is 6.07 Å². The molecule has 1 aliphatic heterocycles. The van der Waals surface area contributed by atoms with Crippen molar-refractivity contribution < 1.29 is 13.2 Å². The summed E-state index contributed by atoms with van der Waals surface area (Å²) in [6, 6.07) is 8.55. The molecule has 0 radical (unpaired) electrons. The summed E-state index contributed by atoms with van der Waals surface area (Å²) < 4.78 is 29.9. The Balaban J connectivity index is 0.00000288. The molecule has 2 rings (SSSR count). The maximum atomic E-state index is 12.2. The zero-order valence-electron chi connectivity index (χ0n) is 13.9. The lowest BCUT2D eigenvalue weighted by atomic mass is 10.2. The summed E-state index contributed by atoms with van der Waals surface area (Å²) in [6.07, 6.45) is 2.94. The highest BCUT2D eigenvalue weighted by molar-refractivity contribution is 14.0. The molecule has 1 atom stereocenters. The van der Waals surface area contributed by atoms with E-state index in [2.05, 4.69) is 15.6 Å². The molecule has 8 heteroatoms. The fraction of sp³-hybridized carbons (Fsp3) is 0.562. The molecule has 1 saturated heterocycles. The summed E-state index contributed by atoms with van der Waals surface area (Å²) in [6.45, 7) is 2.11. The highest BCUT2D eigenvalue weighted by Gasteiger charge is 2.16. The average Bonchev–Trinajstić information content (AvgIpc) is 3.08. The molecule has 1 aromatic carbocycles. The molecule has 0 bridgehead atoms. The minimum Gasteiger partial charge on any atom is -0.376 e. The third-order valence-corrected chi connectivity index (χ3v) is 5.55. The lowest BCUT2D eigenvalue weighted by molar-refractivity contribution is 0.114. The van der Waals surface area contributed by atoms with Crippen LogP contribution in [-0.4, -0.2) is 53.0 Å². The van der Waals surface area contributed by atoms with Gasteiger partial charge in [-0.05, 0) is 31.4 Å². The van der Waals surface area contributed by atoms with Crippen LogP contribution in [0.15, 0.2) is 40.2 Å². The van der Waals surface area contributed by atoms with E-state index in [0.29, 0.717) is 23.8 Å². The number of hydrogen-bond acceptors (Lipinski definition) is 4. The van der Waals surface area contributed by atoms with E-state index in [9.17, 15) is 8.42 Å². The topological polar surface area (TPSA) is 79.8 Å². The van der Waals surface area contributed by atoms with Gasteiger partial charge in [-0.2, -0.15) is 0 Å². The second-order valence-electron chi connectivity index (χ2n) is 5.50. The predicted molar refractivity (Wildman–Crippen MR) is 107 cm³/mol. The van der Waals surface area contributed by atoms with Crippen LogP contribution in [-0.2, 0) is 14.6 Å². The lowest BCUT2D eigenvalue weighted by Crippen LogP contribution is -2.41. The zero-order valence-corrected chi connectivity index (χ0v) is 17.0. The number of aliphatic imine (C=N–C) groups is 1. The molecule has 1 aliphatic rings. The number of sulfone groups is 1. The molecule has 2 N–H and O–H groups in total. The minimum atomic E-state index is -3.21. The Morgan fingerprint density at radius 2 is 2.04 bits per heavy atom. The van der Waals surface area contributed by atoms with E-state index in [-0.39, 0.29) is 35.8 Å². The fourth-order valence-electron chi connectivity index (χ4n) is 2.45. The number of halogens is 1. The monoisotopic (exact) mass is 467 g/mol. The predicted octanol–water partition coefficient (Wildman–Crippen LogP) is 1.81. The minimum absolute atomic E-state index is 0. The van der Waals surface area contributed by atoms with Gasteiger partial charge in [-0.15, -0.1) is 24.0 Å². The van der Waals surface area contributed by atoms with Crippen LogP contribution in [0.1, 0.15) is 19.3 Å². The van der Waals surface area contributed by atoms with Gasteiger partial charge in [0.2, 0.25) is 0 Å². The summed E-state index contributed by atoms with van der Waals surface area (Å²) in [7, 11) is -1.51. The van der Waals surface area contributed by atoms with Gasteiger partial charge in [-0.25, -0.2) is 8.42 Å². The first-order valence-electron chi connectivity index (χ1n) is 7.96. The first-order chi connectivity index (χ1) is 11.1. The molecule has 0 amide bonds. The van der Waals surface area contributed by atoms with E-state index in [4.69, 9.17) is 4.74 Å². The molecule has 1 aromatic rings. The molecule has 1 heterocycles. The van der Waals surface area contributed by atoms with Crippen molar-refractivity contribution in [3.05, 3.63) is 30.3 Å². The summed E-state index contributed by atoms with van der Waals surface area (Å²) in [4.78, 5) is 4.51. The van der Waals surface area contributed by atoms with Crippen LogP contribution in [0, 0.1) is 0 Å². The number of ether oxygens (including phenoxy) is 1. The van der Waals surface area contributed by atoms with Crippen molar-refractivity contribution >= 4 is 39.8 Å². The molecular weight excluding hydrogens is 441 g/mol. The van der Waals surface area contributed by atoms with Gasteiger partial charge in [-0.3, -0.25) is 4.99 Å². The Labute approximate surface area is 161 Å². The highest BCUT2D eigenvalue weighted by Crippen LogP contribution is 2.11. The van der Waals surface area contributed by atoms with Crippen LogP contribution in [0.4, 0.5) is 0 Å². The molecule has 6 nitrogen and oxygen atoms in total. The van der Waals surface area contributed by atoms with Gasteiger partial charge in [0, 0.05) is 26.7 Å². The summed E-state index contributed by atoms with van der Waals surface area (Å²) >= 11 is 0. The van der Waals surface area contributed by atoms with E-state index in [1.54, 1.807) is 31.3 Å². The quantitative estimate of drug-likeness (QED) is 0.277. The Bertz CT molecular complexity index is 602. The highest BCUT2D eigenvalue weighted by atomic mass is 127. The van der Waals surface area contributed by atoms with Crippen LogP contribution < -0.4 is 10.6 Å². The lowest BCUT2D eigenvalue weighted by Gasteiger charge is -2.15. The summed E-state index contributed by atoms with van der Waals surface area (Å²) in [5, 5.41) is 6.34. The number of guanidine groups is 1. The van der Waals surface area contributed by atoms with Crippen molar-refractivity contribution in [2.24, 2.45) is 4.99 Å². The zero-order chi connectivity index (χ0) is 16.5. The summed E-state index contributed by atoms with van der Waals surface area (Å²) in [5.41, 5.74) is 0. The molecule has 136 valence electrons. The molecule has 0 saturated carbocycles. The van der Waals surface area contributed by atoms with Crippen molar-refractivity contribution in [1.82, 2.24) is 10.6 Å². The normalized spacial score (nSPS) is 18.0. The Hall–Kier alpha value is -0.870. The first-order valence-corrected chi connectivity index (χ1v) is 9.61. The number of nitrogens with one attached hydrogen (secondary N) is 2. The van der Waals surface area contributed by atoms with Crippen molar-refractivity contribution in [3.8, 4) is 0 Å². The number of nitrogens with zero attached hydrogens (tertiary/aromatic N) is 1. The molecule has 24 heavy (non-hydrogen) atoms. The number of benzene rings is 1. The largest absolute Gasteiger partial charge is 0.376 e. The van der Waals surface area contributed by atoms with Gasteiger partial charge >= 0.3 is 0 Å². The first kappa shape index (κ1) is 21.2. The Kier molecular flexibility index (Phi) is 9.60. The summed E-state index contributed by atoms with van der Waals surface area (Å²) in [5.74, 6) is 0.796. The third kappa shape index (κ3) is 6.94. The third-order valence-electron chi connectivity index (χ3n) is 3.73. The van der Waals surface area contributed by atoms with Gasteiger partial charge in [0.15, 0.2) is 15.8 Å². The van der Waals surface area contributed by atoms with E-state index >= 15 is 0 Å².